The summed E-state index contributed by atoms with van der Waals surface area (Å²) in [6.07, 6.45) is 0. The topological polar surface area (TPSA) is 64.9 Å². The maximum absolute atomic E-state index is 5.43. The first kappa shape index (κ1) is 5.53. The molecule has 0 fully saturated rings. The van der Waals surface area contributed by atoms with Crippen LogP contribution in [0.1, 0.15) is 5.69 Å². The fourth-order valence-corrected chi connectivity index (χ4v) is 0.997. The second-order valence-electron chi connectivity index (χ2n) is 1.37. The van der Waals surface area contributed by atoms with E-state index in [1.807, 2.05) is 0 Å². The number of nitrogen functional groups attached to an aromatic ring is 1. The fourth-order valence-electron chi connectivity index (χ4n) is 0.432. The van der Waals surface area contributed by atoms with E-state index in [2.05, 4.69) is 4.98 Å². The minimum atomic E-state index is 0.440. The monoisotopic (exact) mass is 129 g/mol. The first-order chi connectivity index (χ1) is 3.84. The van der Waals surface area contributed by atoms with E-state index >= 15 is 0 Å². The number of thiazole rings is 1. The summed E-state index contributed by atoms with van der Waals surface area (Å²) in [5, 5.41) is 0.729. The summed E-state index contributed by atoms with van der Waals surface area (Å²) in [5.41, 5.74) is 13.2. The van der Waals surface area contributed by atoms with Crippen molar-refractivity contribution in [1.82, 2.24) is 4.98 Å². The van der Waals surface area contributed by atoms with Gasteiger partial charge in [0.1, 0.15) is 5.00 Å². The van der Waals surface area contributed by atoms with E-state index in [1.54, 1.807) is 5.51 Å². The van der Waals surface area contributed by atoms with Crippen molar-refractivity contribution in [2.75, 3.05) is 5.73 Å². The normalized spacial score (nSPS) is 9.62. The molecule has 1 heterocycles. The van der Waals surface area contributed by atoms with Gasteiger partial charge in [0.2, 0.25) is 0 Å². The molecule has 4 heteroatoms. The third-order valence-electron chi connectivity index (χ3n) is 0.866. The molecule has 0 unspecified atom stereocenters. The van der Waals surface area contributed by atoms with E-state index in [9.17, 15) is 0 Å². The molecule has 0 saturated carbocycles. The molecular formula is C4H7N3S. The lowest BCUT2D eigenvalue weighted by atomic mass is 10.5. The molecule has 0 aliphatic carbocycles. The second kappa shape index (κ2) is 2.11. The van der Waals surface area contributed by atoms with Crippen LogP contribution in [0.15, 0.2) is 5.51 Å². The second-order valence-corrected chi connectivity index (χ2v) is 2.25. The van der Waals surface area contributed by atoms with Gasteiger partial charge in [-0.05, 0) is 0 Å². The summed E-state index contributed by atoms with van der Waals surface area (Å²) in [6.45, 7) is 0.440. The van der Waals surface area contributed by atoms with Crippen LogP contribution in [0.3, 0.4) is 0 Å². The fraction of sp³-hybridized carbons (Fsp3) is 0.250. The molecule has 4 N–H and O–H groups in total. The van der Waals surface area contributed by atoms with Crippen LogP contribution in [0.4, 0.5) is 5.00 Å². The van der Waals surface area contributed by atoms with E-state index in [-0.39, 0.29) is 0 Å². The molecule has 0 aromatic carbocycles. The highest BCUT2D eigenvalue weighted by Crippen LogP contribution is 2.13. The highest BCUT2D eigenvalue weighted by atomic mass is 32.1. The van der Waals surface area contributed by atoms with Gasteiger partial charge in [-0.1, -0.05) is 0 Å². The molecule has 1 aromatic rings. The molecule has 0 amide bonds. The van der Waals surface area contributed by atoms with Gasteiger partial charge in [-0.15, -0.1) is 11.3 Å². The van der Waals surface area contributed by atoms with E-state index < -0.39 is 0 Å². The van der Waals surface area contributed by atoms with Gasteiger partial charge in [0.05, 0.1) is 11.2 Å². The van der Waals surface area contributed by atoms with Crippen LogP contribution in [0, 0.1) is 0 Å². The smallest absolute Gasteiger partial charge is 0.110 e. The summed E-state index contributed by atoms with van der Waals surface area (Å²) < 4.78 is 0. The third kappa shape index (κ3) is 0.801. The standard InChI is InChI=1S/C4H7N3S/c5-1-3-4(6)8-2-7-3/h2H,1,5-6H2. The maximum atomic E-state index is 5.43. The quantitative estimate of drug-likeness (QED) is 0.568. The average Bonchev–Trinajstić information content (AvgIpc) is 2.14. The summed E-state index contributed by atoms with van der Waals surface area (Å²) in [6, 6.07) is 0. The maximum Gasteiger partial charge on any atom is 0.110 e. The molecule has 0 atom stereocenters. The van der Waals surface area contributed by atoms with Crippen molar-refractivity contribution in [3.63, 3.8) is 0 Å². The Morgan fingerprint density at radius 3 is 2.75 bits per heavy atom. The Hall–Kier alpha value is -0.610. The van der Waals surface area contributed by atoms with E-state index in [0.29, 0.717) is 6.54 Å². The van der Waals surface area contributed by atoms with Crippen LogP contribution >= 0.6 is 11.3 Å². The number of aromatic nitrogens is 1. The van der Waals surface area contributed by atoms with Crippen LogP contribution in [-0.2, 0) is 6.54 Å². The predicted molar refractivity (Wildman–Crippen MR) is 34.4 cm³/mol. The Bertz CT molecular complexity index is 172. The molecule has 0 bridgehead atoms. The first-order valence-corrected chi connectivity index (χ1v) is 3.10. The van der Waals surface area contributed by atoms with Gasteiger partial charge in [-0.25, -0.2) is 4.98 Å². The summed E-state index contributed by atoms with van der Waals surface area (Å²) in [5.74, 6) is 0. The van der Waals surface area contributed by atoms with Gasteiger partial charge in [0.15, 0.2) is 0 Å². The van der Waals surface area contributed by atoms with Gasteiger partial charge in [0, 0.05) is 6.54 Å². The molecule has 0 radical (unpaired) electrons. The number of anilines is 1. The van der Waals surface area contributed by atoms with E-state index in [4.69, 9.17) is 11.5 Å². The number of nitrogens with two attached hydrogens (primary N) is 2. The Labute approximate surface area is 51.3 Å². The molecule has 1 aromatic heterocycles. The molecule has 0 spiro atoms. The summed E-state index contributed by atoms with van der Waals surface area (Å²) >= 11 is 1.42. The Kier molecular flexibility index (Phi) is 1.45. The van der Waals surface area contributed by atoms with Crippen molar-refractivity contribution < 1.29 is 0 Å². The number of rotatable bonds is 1. The number of hydrogen-bond acceptors (Lipinski definition) is 4. The lowest BCUT2D eigenvalue weighted by molar-refractivity contribution is 1.02. The lowest BCUT2D eigenvalue weighted by Crippen LogP contribution is -1.99. The minimum absolute atomic E-state index is 0.440. The van der Waals surface area contributed by atoms with Crippen LogP contribution in [0.2, 0.25) is 0 Å². The van der Waals surface area contributed by atoms with E-state index in [1.165, 1.54) is 11.3 Å². The van der Waals surface area contributed by atoms with Crippen molar-refractivity contribution in [2.45, 2.75) is 6.54 Å². The zero-order valence-electron chi connectivity index (χ0n) is 4.29. The lowest BCUT2D eigenvalue weighted by Gasteiger charge is -1.86. The SMILES string of the molecule is NCc1ncsc1N. The molecule has 3 nitrogen and oxygen atoms in total. The molecule has 8 heavy (non-hydrogen) atoms. The zero-order valence-corrected chi connectivity index (χ0v) is 5.11. The van der Waals surface area contributed by atoms with Crippen LogP contribution in [0.25, 0.3) is 0 Å². The van der Waals surface area contributed by atoms with Crippen molar-refractivity contribution in [1.29, 1.82) is 0 Å². The molecule has 1 rings (SSSR count). The first-order valence-electron chi connectivity index (χ1n) is 2.22. The summed E-state index contributed by atoms with van der Waals surface area (Å²) in [4.78, 5) is 3.90. The molecule has 0 aliphatic rings. The van der Waals surface area contributed by atoms with Crippen LogP contribution in [-0.4, -0.2) is 4.98 Å². The summed E-state index contributed by atoms with van der Waals surface area (Å²) in [7, 11) is 0. The van der Waals surface area contributed by atoms with Crippen molar-refractivity contribution in [3.05, 3.63) is 11.2 Å². The number of nitrogens with zero attached hydrogens (tertiary/aromatic N) is 1. The van der Waals surface area contributed by atoms with Gasteiger partial charge in [-0.2, -0.15) is 0 Å². The van der Waals surface area contributed by atoms with Crippen LogP contribution < -0.4 is 11.5 Å². The molecule has 0 aliphatic heterocycles. The van der Waals surface area contributed by atoms with E-state index in [0.717, 1.165) is 10.7 Å². The highest BCUT2D eigenvalue weighted by Gasteiger charge is 1.95. The minimum Gasteiger partial charge on any atom is -0.389 e. The predicted octanol–water partition coefficient (Wildman–Crippen LogP) is 0.184. The zero-order chi connectivity index (χ0) is 5.98. The largest absolute Gasteiger partial charge is 0.389 e. The van der Waals surface area contributed by atoms with Gasteiger partial charge in [0.25, 0.3) is 0 Å². The molecule has 44 valence electrons. The highest BCUT2D eigenvalue weighted by molar-refractivity contribution is 7.13. The van der Waals surface area contributed by atoms with Gasteiger partial charge < -0.3 is 11.5 Å². The third-order valence-corrected chi connectivity index (χ3v) is 1.57. The van der Waals surface area contributed by atoms with Gasteiger partial charge >= 0.3 is 0 Å². The van der Waals surface area contributed by atoms with Crippen LogP contribution in [0.5, 0.6) is 0 Å². The van der Waals surface area contributed by atoms with Gasteiger partial charge in [-0.3, -0.25) is 0 Å². The average molecular weight is 129 g/mol. The Morgan fingerprint density at radius 1 is 1.75 bits per heavy atom. The van der Waals surface area contributed by atoms with Crippen molar-refractivity contribution in [2.24, 2.45) is 5.73 Å². The Morgan fingerprint density at radius 2 is 2.50 bits per heavy atom. The number of hydrogen-bond donors (Lipinski definition) is 2. The molecular weight excluding hydrogens is 122 g/mol. The molecule has 0 saturated heterocycles. The Balaban J connectivity index is 2.92. The van der Waals surface area contributed by atoms with Crippen molar-refractivity contribution in [3.8, 4) is 0 Å². The van der Waals surface area contributed by atoms with Crippen molar-refractivity contribution >= 4 is 16.3 Å².